The van der Waals surface area contributed by atoms with Gasteiger partial charge in [-0.15, -0.1) is 0 Å². The predicted octanol–water partition coefficient (Wildman–Crippen LogP) is 7.83. The lowest BCUT2D eigenvalue weighted by molar-refractivity contribution is 0.607. The first-order valence-corrected chi connectivity index (χ1v) is 10.7. The molecular weight excluding hydrogens is 324 g/mol. The van der Waals surface area contributed by atoms with Crippen LogP contribution in [0.4, 0.5) is 0 Å². The van der Waals surface area contributed by atoms with E-state index in [1.54, 1.807) is 0 Å². The number of benzene rings is 3. The number of rotatable bonds is 8. The summed E-state index contributed by atoms with van der Waals surface area (Å²) in [5.41, 5.74) is 10.0. The van der Waals surface area contributed by atoms with Crippen LogP contribution < -0.4 is 0 Å². The number of fused-ring (bicyclic) bond motifs is 3. The second kappa shape index (κ2) is 8.57. The molecule has 3 aromatic rings. The van der Waals surface area contributed by atoms with Crippen molar-refractivity contribution >= 4 is 0 Å². The number of hydrogen-bond acceptors (Lipinski definition) is 0. The molecule has 0 atom stereocenters. The van der Waals surface area contributed by atoms with Gasteiger partial charge in [0.05, 0.1) is 0 Å². The van der Waals surface area contributed by atoms with Gasteiger partial charge < -0.3 is 0 Å². The molecule has 0 saturated heterocycles. The Kier molecular flexibility index (Phi) is 5.72. The molecule has 0 aliphatic heterocycles. The molecule has 0 radical (unpaired) electrons. The smallest absolute Gasteiger partial charge is 0.000729 e. The van der Waals surface area contributed by atoms with E-state index in [-0.39, 0.29) is 0 Å². The van der Waals surface area contributed by atoms with Crippen LogP contribution in [-0.4, -0.2) is 0 Å². The summed E-state index contributed by atoms with van der Waals surface area (Å²) in [6.45, 7) is 2.28. The van der Waals surface area contributed by atoms with Gasteiger partial charge in [0, 0.05) is 0 Å². The molecule has 3 aromatic carbocycles. The zero-order valence-corrected chi connectivity index (χ0v) is 16.5. The molecule has 27 heavy (non-hydrogen) atoms. The van der Waals surface area contributed by atoms with Crippen molar-refractivity contribution in [3.05, 3.63) is 83.4 Å². The molecule has 0 bridgehead atoms. The van der Waals surface area contributed by atoms with E-state index in [0.29, 0.717) is 0 Å². The summed E-state index contributed by atoms with van der Waals surface area (Å²) in [6, 6.07) is 24.9. The van der Waals surface area contributed by atoms with Crippen LogP contribution in [0, 0.1) is 0 Å². The van der Waals surface area contributed by atoms with Gasteiger partial charge in [0.2, 0.25) is 0 Å². The highest BCUT2D eigenvalue weighted by molar-refractivity contribution is 5.84. The van der Waals surface area contributed by atoms with Gasteiger partial charge in [-0.25, -0.2) is 0 Å². The Morgan fingerprint density at radius 2 is 1.33 bits per heavy atom. The maximum absolute atomic E-state index is 2.34. The minimum Gasteiger partial charge on any atom is -0.0654 e. The first-order chi connectivity index (χ1) is 13.4. The second-order valence-electron chi connectivity index (χ2n) is 7.88. The Hall–Kier alpha value is -2.34. The molecule has 0 heterocycles. The van der Waals surface area contributed by atoms with E-state index in [1.165, 1.54) is 83.9 Å². The van der Waals surface area contributed by atoms with Crippen LogP contribution in [0.3, 0.4) is 0 Å². The minimum atomic E-state index is 1.06. The highest BCUT2D eigenvalue weighted by atomic mass is 14.2. The third-order valence-electron chi connectivity index (χ3n) is 5.93. The Morgan fingerprint density at radius 3 is 2.19 bits per heavy atom. The van der Waals surface area contributed by atoms with Gasteiger partial charge in [0.1, 0.15) is 0 Å². The van der Waals surface area contributed by atoms with Gasteiger partial charge in [-0.3, -0.25) is 0 Å². The van der Waals surface area contributed by atoms with Crippen LogP contribution in [0.2, 0.25) is 0 Å². The molecule has 0 heteroatoms. The largest absolute Gasteiger partial charge is 0.0654 e. The van der Waals surface area contributed by atoms with Gasteiger partial charge in [0.15, 0.2) is 0 Å². The summed E-state index contributed by atoms with van der Waals surface area (Å²) >= 11 is 0. The summed E-state index contributed by atoms with van der Waals surface area (Å²) in [7, 11) is 0. The van der Waals surface area contributed by atoms with E-state index < -0.39 is 0 Å². The van der Waals surface area contributed by atoms with Crippen molar-refractivity contribution in [1.82, 2.24) is 0 Å². The van der Waals surface area contributed by atoms with E-state index in [2.05, 4.69) is 73.7 Å². The molecule has 138 valence electrons. The Morgan fingerprint density at radius 1 is 0.630 bits per heavy atom. The number of hydrogen-bond donors (Lipinski definition) is 0. The third kappa shape index (κ3) is 4.00. The fraction of sp³-hybridized carbons (Fsp3) is 0.333. The Bertz CT molecular complexity index is 886. The zero-order valence-electron chi connectivity index (χ0n) is 16.5. The maximum Gasteiger partial charge on any atom is -0.000729 e. The molecule has 0 amide bonds. The molecule has 0 fully saturated rings. The van der Waals surface area contributed by atoms with Gasteiger partial charge in [-0.1, -0.05) is 106 Å². The van der Waals surface area contributed by atoms with Crippen molar-refractivity contribution < 1.29 is 0 Å². The first-order valence-electron chi connectivity index (χ1n) is 10.7. The fourth-order valence-corrected chi connectivity index (χ4v) is 4.39. The van der Waals surface area contributed by atoms with Crippen LogP contribution in [0.15, 0.2) is 66.7 Å². The van der Waals surface area contributed by atoms with Crippen molar-refractivity contribution in [1.29, 1.82) is 0 Å². The molecule has 0 unspecified atom stereocenters. The lowest BCUT2D eigenvalue weighted by atomic mass is 9.94. The van der Waals surface area contributed by atoms with E-state index in [0.717, 1.165) is 6.42 Å². The van der Waals surface area contributed by atoms with E-state index in [4.69, 9.17) is 0 Å². The summed E-state index contributed by atoms with van der Waals surface area (Å²) in [5.74, 6) is 0. The fourth-order valence-electron chi connectivity index (χ4n) is 4.39. The van der Waals surface area contributed by atoms with E-state index >= 15 is 0 Å². The van der Waals surface area contributed by atoms with Gasteiger partial charge in [0.25, 0.3) is 0 Å². The normalized spacial score (nSPS) is 12.0. The molecule has 4 rings (SSSR count). The van der Waals surface area contributed by atoms with Gasteiger partial charge >= 0.3 is 0 Å². The zero-order chi connectivity index (χ0) is 18.5. The average molecular weight is 355 g/mol. The minimum absolute atomic E-state index is 1.06. The van der Waals surface area contributed by atoms with E-state index in [9.17, 15) is 0 Å². The lowest BCUT2D eigenvalue weighted by Crippen LogP contribution is -1.90. The van der Waals surface area contributed by atoms with Crippen molar-refractivity contribution in [3.63, 3.8) is 0 Å². The third-order valence-corrected chi connectivity index (χ3v) is 5.93. The average Bonchev–Trinajstić information content (AvgIpc) is 3.10. The highest BCUT2D eigenvalue weighted by Crippen LogP contribution is 2.41. The summed E-state index contributed by atoms with van der Waals surface area (Å²) in [6.07, 6.45) is 10.5. The topological polar surface area (TPSA) is 0 Å². The molecular formula is C27H30. The van der Waals surface area contributed by atoms with Crippen LogP contribution in [0.1, 0.15) is 62.1 Å². The van der Waals surface area contributed by atoms with Gasteiger partial charge in [-0.2, -0.15) is 0 Å². The Labute approximate surface area is 164 Å². The van der Waals surface area contributed by atoms with Crippen molar-refractivity contribution in [3.8, 4) is 22.3 Å². The van der Waals surface area contributed by atoms with Crippen LogP contribution in [0.25, 0.3) is 22.3 Å². The Balaban J connectivity index is 1.45. The highest BCUT2D eigenvalue weighted by Gasteiger charge is 2.20. The molecule has 0 nitrogen and oxygen atoms in total. The standard InChI is InChI=1S/C27H30/c1-2-3-4-5-6-7-11-21-16-18-22(19-17-21)24-14-10-15-26-25-13-9-8-12-23(25)20-27(24)26/h8-10,12-19H,2-7,11,20H2,1H3. The van der Waals surface area contributed by atoms with Crippen LogP contribution >= 0.6 is 0 Å². The molecule has 1 aliphatic rings. The quantitative estimate of drug-likeness (QED) is 0.283. The first kappa shape index (κ1) is 18.0. The van der Waals surface area contributed by atoms with Crippen LogP contribution in [-0.2, 0) is 12.8 Å². The molecule has 0 saturated carbocycles. The van der Waals surface area contributed by atoms with Crippen molar-refractivity contribution in [2.75, 3.05) is 0 Å². The summed E-state index contributed by atoms with van der Waals surface area (Å²) < 4.78 is 0. The summed E-state index contributed by atoms with van der Waals surface area (Å²) in [4.78, 5) is 0. The van der Waals surface area contributed by atoms with Crippen molar-refractivity contribution in [2.45, 2.75) is 58.3 Å². The molecule has 0 N–H and O–H groups in total. The number of aryl methyl sites for hydroxylation is 1. The lowest BCUT2D eigenvalue weighted by Gasteiger charge is -2.10. The van der Waals surface area contributed by atoms with Gasteiger partial charge in [-0.05, 0) is 58.2 Å². The van der Waals surface area contributed by atoms with Crippen LogP contribution in [0.5, 0.6) is 0 Å². The molecule has 0 spiro atoms. The molecule has 0 aromatic heterocycles. The van der Waals surface area contributed by atoms with E-state index in [1.807, 2.05) is 0 Å². The SMILES string of the molecule is CCCCCCCCc1ccc(-c2cccc3c2Cc2ccccc2-3)cc1. The maximum atomic E-state index is 2.34. The molecule has 1 aliphatic carbocycles. The monoisotopic (exact) mass is 354 g/mol. The summed E-state index contributed by atoms with van der Waals surface area (Å²) in [5, 5.41) is 0. The van der Waals surface area contributed by atoms with Crippen molar-refractivity contribution in [2.24, 2.45) is 0 Å². The predicted molar refractivity (Wildman–Crippen MR) is 117 cm³/mol. The number of unbranched alkanes of at least 4 members (excludes halogenated alkanes) is 5. The second-order valence-corrected chi connectivity index (χ2v) is 7.88.